The maximum atomic E-state index is 13.7. The molecular weight excluding hydrogens is 528 g/mol. The zero-order chi connectivity index (χ0) is 29.3. The summed E-state index contributed by atoms with van der Waals surface area (Å²) in [7, 11) is 0. The first-order chi connectivity index (χ1) is 20.4. The largest absolute Gasteiger partial charge is 0.379 e. The van der Waals surface area contributed by atoms with E-state index in [2.05, 4.69) is 82.0 Å². The molecule has 2 heterocycles. The molecule has 2 saturated heterocycles. The number of amides is 4. The quantitative estimate of drug-likeness (QED) is 0.321. The van der Waals surface area contributed by atoms with Crippen LogP contribution in [-0.4, -0.2) is 85.3 Å². The first kappa shape index (κ1) is 29.8. The van der Waals surface area contributed by atoms with Gasteiger partial charge in [0.1, 0.15) is 0 Å². The SMILES string of the molecule is CC(NC(=O)N(CCCN1CCOCC1)Cc1ccc(CN2CCC(NC(N)=O)C2)cc1)c1cccc2ccccc12. The molecule has 4 amide bonds. The number of urea groups is 2. The number of fused-ring (bicyclic) bond motifs is 1. The summed E-state index contributed by atoms with van der Waals surface area (Å²) in [4.78, 5) is 31.5. The van der Waals surface area contributed by atoms with Crippen LogP contribution in [0.1, 0.15) is 42.5 Å². The first-order valence-corrected chi connectivity index (χ1v) is 15.1. The third-order valence-corrected chi connectivity index (χ3v) is 8.34. The van der Waals surface area contributed by atoms with Crippen LogP contribution in [0.15, 0.2) is 66.7 Å². The summed E-state index contributed by atoms with van der Waals surface area (Å²) in [5.41, 5.74) is 8.72. The van der Waals surface area contributed by atoms with E-state index in [4.69, 9.17) is 10.5 Å². The maximum Gasteiger partial charge on any atom is 0.318 e. The number of rotatable bonds is 11. The molecule has 0 radical (unpaired) electrons. The van der Waals surface area contributed by atoms with E-state index in [1.165, 1.54) is 10.9 Å². The number of nitrogens with zero attached hydrogens (tertiary/aromatic N) is 3. The van der Waals surface area contributed by atoms with Gasteiger partial charge in [0, 0.05) is 58.4 Å². The van der Waals surface area contributed by atoms with Crippen molar-refractivity contribution in [2.24, 2.45) is 5.73 Å². The average molecular weight is 573 g/mol. The number of ether oxygens (including phenoxy) is 1. The standard InChI is InChI=1S/C33H44N6O3/c1-25(30-9-4-7-28-6-2-3-8-31(28)30)35-33(41)39(16-5-15-37-18-20-42-21-19-37)23-27-12-10-26(11-13-27)22-38-17-14-29(24-38)36-32(34)40/h2-4,6-13,25,29H,5,14-24H2,1H3,(H,35,41)(H3,34,36,40). The van der Waals surface area contributed by atoms with Crippen LogP contribution < -0.4 is 16.4 Å². The Bertz CT molecular complexity index is 1320. The van der Waals surface area contributed by atoms with Gasteiger partial charge in [0.25, 0.3) is 0 Å². The Balaban J connectivity index is 1.22. The third kappa shape index (κ3) is 8.21. The van der Waals surface area contributed by atoms with Gasteiger partial charge in [0.2, 0.25) is 0 Å². The number of benzene rings is 3. The number of carbonyl (C=O) groups is 2. The normalized spacial score (nSPS) is 18.5. The van der Waals surface area contributed by atoms with E-state index in [1.807, 2.05) is 17.0 Å². The van der Waals surface area contributed by atoms with Gasteiger partial charge in [-0.15, -0.1) is 0 Å². The lowest BCUT2D eigenvalue weighted by atomic mass is 10.00. The van der Waals surface area contributed by atoms with E-state index >= 15 is 0 Å². The summed E-state index contributed by atoms with van der Waals surface area (Å²) >= 11 is 0. The number of nitrogens with one attached hydrogen (secondary N) is 2. The van der Waals surface area contributed by atoms with E-state index in [9.17, 15) is 9.59 Å². The fraction of sp³-hybridized carbons (Fsp3) is 0.455. The minimum atomic E-state index is -0.462. The highest BCUT2D eigenvalue weighted by molar-refractivity contribution is 5.86. The predicted molar refractivity (Wildman–Crippen MR) is 166 cm³/mol. The highest BCUT2D eigenvalue weighted by Gasteiger charge is 2.23. The number of likely N-dealkylation sites (tertiary alicyclic amines) is 1. The van der Waals surface area contributed by atoms with E-state index < -0.39 is 6.03 Å². The van der Waals surface area contributed by atoms with Crippen LogP contribution in [0.5, 0.6) is 0 Å². The Kier molecular flexibility index (Phi) is 10.3. The number of hydrogen-bond acceptors (Lipinski definition) is 5. The third-order valence-electron chi connectivity index (χ3n) is 8.34. The topological polar surface area (TPSA) is 103 Å². The molecule has 9 nitrogen and oxygen atoms in total. The second kappa shape index (κ2) is 14.5. The lowest BCUT2D eigenvalue weighted by molar-refractivity contribution is 0.0364. The van der Waals surface area contributed by atoms with Crippen molar-refractivity contribution in [3.05, 3.63) is 83.4 Å². The number of nitrogens with two attached hydrogens (primary N) is 1. The number of hydrogen-bond donors (Lipinski definition) is 3. The van der Waals surface area contributed by atoms with Crippen LogP contribution in [0.25, 0.3) is 10.8 Å². The molecule has 4 N–H and O–H groups in total. The van der Waals surface area contributed by atoms with Gasteiger partial charge < -0.3 is 26.0 Å². The summed E-state index contributed by atoms with van der Waals surface area (Å²) in [5, 5.41) is 8.43. The second-order valence-electron chi connectivity index (χ2n) is 11.5. The van der Waals surface area contributed by atoms with Crippen molar-refractivity contribution in [1.82, 2.24) is 25.3 Å². The molecular formula is C33H44N6O3. The molecule has 0 aromatic heterocycles. The van der Waals surface area contributed by atoms with Crippen LogP contribution in [0.3, 0.4) is 0 Å². The number of carbonyl (C=O) groups excluding carboxylic acids is 2. The van der Waals surface area contributed by atoms with Gasteiger partial charge in [-0.25, -0.2) is 9.59 Å². The summed E-state index contributed by atoms with van der Waals surface area (Å²) in [5.74, 6) is 0. The smallest absolute Gasteiger partial charge is 0.318 e. The molecule has 42 heavy (non-hydrogen) atoms. The molecule has 2 aliphatic rings. The molecule has 0 bridgehead atoms. The lowest BCUT2D eigenvalue weighted by Crippen LogP contribution is -2.43. The van der Waals surface area contributed by atoms with Gasteiger partial charge in [-0.1, -0.05) is 66.7 Å². The van der Waals surface area contributed by atoms with Crippen molar-refractivity contribution in [2.75, 3.05) is 52.5 Å². The van der Waals surface area contributed by atoms with Crippen LogP contribution in [0, 0.1) is 0 Å². The zero-order valence-electron chi connectivity index (χ0n) is 24.6. The fourth-order valence-corrected chi connectivity index (χ4v) is 6.07. The Morgan fingerprint density at radius 3 is 2.50 bits per heavy atom. The molecule has 3 aromatic carbocycles. The van der Waals surface area contributed by atoms with Crippen molar-refractivity contribution in [1.29, 1.82) is 0 Å². The molecule has 224 valence electrons. The minimum Gasteiger partial charge on any atom is -0.379 e. The maximum absolute atomic E-state index is 13.7. The molecule has 2 aliphatic heterocycles. The van der Waals surface area contributed by atoms with Crippen molar-refractivity contribution < 1.29 is 14.3 Å². The molecule has 9 heteroatoms. The van der Waals surface area contributed by atoms with E-state index in [0.717, 1.165) is 81.8 Å². The number of morpholine rings is 1. The summed E-state index contributed by atoms with van der Waals surface area (Å²) < 4.78 is 5.49. The Hall–Kier alpha value is -3.66. The Labute approximate surface area is 249 Å². The molecule has 0 spiro atoms. The van der Waals surface area contributed by atoms with Gasteiger partial charge in [0.05, 0.1) is 19.3 Å². The van der Waals surface area contributed by atoms with Gasteiger partial charge in [-0.2, -0.15) is 0 Å². The molecule has 5 rings (SSSR count). The van der Waals surface area contributed by atoms with Crippen molar-refractivity contribution >= 4 is 22.8 Å². The van der Waals surface area contributed by atoms with Crippen molar-refractivity contribution in [3.8, 4) is 0 Å². The summed E-state index contributed by atoms with van der Waals surface area (Å²) in [6.45, 7) is 10.2. The van der Waals surface area contributed by atoms with Crippen molar-refractivity contribution in [2.45, 2.75) is 44.9 Å². The molecule has 2 unspecified atom stereocenters. The molecule has 2 atom stereocenters. The predicted octanol–water partition coefficient (Wildman–Crippen LogP) is 4.08. The van der Waals surface area contributed by atoms with Crippen LogP contribution in [-0.2, 0) is 17.8 Å². The highest BCUT2D eigenvalue weighted by Crippen LogP contribution is 2.24. The number of primary amides is 1. The zero-order valence-corrected chi connectivity index (χ0v) is 24.6. The first-order valence-electron chi connectivity index (χ1n) is 15.1. The Morgan fingerprint density at radius 2 is 1.71 bits per heavy atom. The molecule has 0 saturated carbocycles. The van der Waals surface area contributed by atoms with Crippen LogP contribution in [0.2, 0.25) is 0 Å². The van der Waals surface area contributed by atoms with Gasteiger partial charge in [-0.05, 0) is 47.2 Å². The molecule has 0 aliphatic carbocycles. The lowest BCUT2D eigenvalue weighted by Gasteiger charge is -2.29. The summed E-state index contributed by atoms with van der Waals surface area (Å²) in [6, 6.07) is 22.6. The molecule has 3 aromatic rings. The van der Waals surface area contributed by atoms with Crippen molar-refractivity contribution in [3.63, 3.8) is 0 Å². The van der Waals surface area contributed by atoms with Gasteiger partial charge in [-0.3, -0.25) is 9.80 Å². The Morgan fingerprint density at radius 1 is 0.976 bits per heavy atom. The van der Waals surface area contributed by atoms with E-state index in [-0.39, 0.29) is 18.1 Å². The van der Waals surface area contributed by atoms with Gasteiger partial charge in [0.15, 0.2) is 0 Å². The van der Waals surface area contributed by atoms with Crippen LogP contribution in [0.4, 0.5) is 9.59 Å². The highest BCUT2D eigenvalue weighted by atomic mass is 16.5. The molecule has 2 fully saturated rings. The average Bonchev–Trinajstić information content (AvgIpc) is 3.43. The van der Waals surface area contributed by atoms with Crippen LogP contribution >= 0.6 is 0 Å². The van der Waals surface area contributed by atoms with E-state index in [0.29, 0.717) is 13.1 Å². The van der Waals surface area contributed by atoms with Gasteiger partial charge >= 0.3 is 12.1 Å². The second-order valence-corrected chi connectivity index (χ2v) is 11.5. The fourth-order valence-electron chi connectivity index (χ4n) is 6.07. The monoisotopic (exact) mass is 572 g/mol. The van der Waals surface area contributed by atoms with E-state index in [1.54, 1.807) is 0 Å². The summed E-state index contributed by atoms with van der Waals surface area (Å²) in [6.07, 6.45) is 1.82. The minimum absolute atomic E-state index is 0.0495.